The average molecular weight is 307 g/mol. The maximum Gasteiger partial charge on any atom is 0.306 e. The van der Waals surface area contributed by atoms with Crippen LogP contribution in [0, 0.1) is 5.92 Å². The molecule has 8 nitrogen and oxygen atoms in total. The fraction of sp³-hybridized carbons (Fsp3) is 0.923. The van der Waals surface area contributed by atoms with Gasteiger partial charge in [0.25, 0.3) is 0 Å². The molecular weight excluding hydrogens is 282 g/mol. The molecule has 124 valence electrons. The van der Waals surface area contributed by atoms with E-state index in [0.29, 0.717) is 13.0 Å². The van der Waals surface area contributed by atoms with E-state index in [1.54, 1.807) is 6.92 Å². The summed E-state index contributed by atoms with van der Waals surface area (Å²) in [5.41, 5.74) is 0. The molecule has 0 aromatic rings. The van der Waals surface area contributed by atoms with Crippen LogP contribution in [0.4, 0.5) is 0 Å². The van der Waals surface area contributed by atoms with Gasteiger partial charge in [0, 0.05) is 0 Å². The standard InChI is InChI=1S/C13H25NO7/c1-8(12(18)19)4-2-3-5-14-7-13(20)11(17)10(16)9(15)6-21-13/h8-11,14-17,20H,2-7H2,1H3,(H,18,19)/t8-,9?,10?,11?,13?/m0/s1. The number of hydrogen-bond donors (Lipinski definition) is 6. The van der Waals surface area contributed by atoms with Gasteiger partial charge in [0.15, 0.2) is 0 Å². The fourth-order valence-electron chi connectivity index (χ4n) is 2.14. The van der Waals surface area contributed by atoms with Crippen molar-refractivity contribution in [2.45, 2.75) is 50.3 Å². The van der Waals surface area contributed by atoms with Crippen LogP contribution in [0.3, 0.4) is 0 Å². The Balaban J connectivity index is 2.21. The highest BCUT2D eigenvalue weighted by atomic mass is 16.6. The van der Waals surface area contributed by atoms with Gasteiger partial charge >= 0.3 is 5.97 Å². The van der Waals surface area contributed by atoms with Crippen molar-refractivity contribution in [2.24, 2.45) is 5.92 Å². The summed E-state index contributed by atoms with van der Waals surface area (Å²) < 4.78 is 4.99. The lowest BCUT2D eigenvalue weighted by Crippen LogP contribution is -2.64. The van der Waals surface area contributed by atoms with Crippen LogP contribution in [0.1, 0.15) is 26.2 Å². The van der Waals surface area contributed by atoms with Crippen molar-refractivity contribution in [1.82, 2.24) is 5.32 Å². The molecule has 0 spiro atoms. The summed E-state index contributed by atoms with van der Waals surface area (Å²) >= 11 is 0. The minimum atomic E-state index is -1.94. The van der Waals surface area contributed by atoms with E-state index in [2.05, 4.69) is 5.32 Å². The molecule has 6 N–H and O–H groups in total. The molecular formula is C13H25NO7. The summed E-state index contributed by atoms with van der Waals surface area (Å²) in [4.78, 5) is 10.6. The van der Waals surface area contributed by atoms with Gasteiger partial charge in [-0.15, -0.1) is 0 Å². The second-order valence-electron chi connectivity index (χ2n) is 5.57. The van der Waals surface area contributed by atoms with Gasteiger partial charge in [-0.2, -0.15) is 0 Å². The summed E-state index contributed by atoms with van der Waals surface area (Å²) in [6, 6.07) is 0. The zero-order valence-electron chi connectivity index (χ0n) is 12.1. The number of aliphatic hydroxyl groups is 4. The number of ether oxygens (including phenoxy) is 1. The summed E-state index contributed by atoms with van der Waals surface area (Å²) in [6.45, 7) is 1.82. The van der Waals surface area contributed by atoms with Gasteiger partial charge in [-0.25, -0.2) is 0 Å². The van der Waals surface area contributed by atoms with Crippen molar-refractivity contribution in [1.29, 1.82) is 0 Å². The summed E-state index contributed by atoms with van der Waals surface area (Å²) in [5, 5.41) is 50.2. The third kappa shape index (κ3) is 5.17. The monoisotopic (exact) mass is 307 g/mol. The molecule has 0 saturated carbocycles. The quantitative estimate of drug-likeness (QED) is 0.291. The van der Waals surface area contributed by atoms with E-state index in [0.717, 1.165) is 12.8 Å². The maximum atomic E-state index is 10.6. The number of carboxylic acids is 1. The van der Waals surface area contributed by atoms with Gasteiger partial charge in [0.1, 0.15) is 18.3 Å². The Labute approximate surface area is 123 Å². The molecule has 0 radical (unpaired) electrons. The van der Waals surface area contributed by atoms with Crippen molar-refractivity contribution in [3.8, 4) is 0 Å². The second kappa shape index (κ2) is 8.02. The number of rotatable bonds is 8. The first-order chi connectivity index (χ1) is 9.78. The Kier molecular flexibility index (Phi) is 6.98. The van der Waals surface area contributed by atoms with Crippen LogP contribution in [-0.2, 0) is 9.53 Å². The lowest BCUT2D eigenvalue weighted by Gasteiger charge is -2.41. The van der Waals surface area contributed by atoms with Gasteiger partial charge in [-0.1, -0.05) is 13.3 Å². The van der Waals surface area contributed by atoms with E-state index in [4.69, 9.17) is 9.84 Å². The Morgan fingerprint density at radius 1 is 1.38 bits per heavy atom. The molecule has 8 heteroatoms. The molecule has 1 fully saturated rings. The fourth-order valence-corrected chi connectivity index (χ4v) is 2.14. The van der Waals surface area contributed by atoms with Gasteiger partial charge in [-0.3, -0.25) is 4.79 Å². The van der Waals surface area contributed by atoms with Crippen molar-refractivity contribution in [3.63, 3.8) is 0 Å². The van der Waals surface area contributed by atoms with Crippen LogP contribution >= 0.6 is 0 Å². The van der Waals surface area contributed by atoms with E-state index in [1.807, 2.05) is 0 Å². The summed E-state index contributed by atoms with van der Waals surface area (Å²) in [7, 11) is 0. The highest BCUT2D eigenvalue weighted by molar-refractivity contribution is 5.69. The van der Waals surface area contributed by atoms with Crippen molar-refractivity contribution < 1.29 is 35.1 Å². The number of nitrogens with one attached hydrogen (secondary N) is 1. The number of unbranched alkanes of at least 4 members (excludes halogenated alkanes) is 1. The van der Waals surface area contributed by atoms with Crippen LogP contribution in [0.25, 0.3) is 0 Å². The topological polar surface area (TPSA) is 139 Å². The van der Waals surface area contributed by atoms with Gasteiger partial charge in [-0.05, 0) is 19.4 Å². The number of hydrogen-bond acceptors (Lipinski definition) is 7. The molecule has 0 aliphatic carbocycles. The molecule has 0 bridgehead atoms. The molecule has 4 unspecified atom stereocenters. The van der Waals surface area contributed by atoms with Gasteiger partial charge in [0.05, 0.1) is 19.1 Å². The first-order valence-corrected chi connectivity index (χ1v) is 7.12. The van der Waals surface area contributed by atoms with Crippen molar-refractivity contribution >= 4 is 5.97 Å². The maximum absolute atomic E-state index is 10.6. The number of carbonyl (C=O) groups is 1. The van der Waals surface area contributed by atoms with Crippen LogP contribution < -0.4 is 5.32 Å². The molecule has 0 aromatic carbocycles. The first kappa shape index (κ1) is 18.3. The Morgan fingerprint density at radius 3 is 2.67 bits per heavy atom. The second-order valence-corrected chi connectivity index (χ2v) is 5.57. The molecule has 1 aliphatic rings. The molecule has 1 saturated heterocycles. The Morgan fingerprint density at radius 2 is 2.05 bits per heavy atom. The highest BCUT2D eigenvalue weighted by Crippen LogP contribution is 2.23. The largest absolute Gasteiger partial charge is 0.481 e. The lowest BCUT2D eigenvalue weighted by atomic mass is 9.97. The van der Waals surface area contributed by atoms with E-state index in [9.17, 15) is 25.2 Å². The smallest absolute Gasteiger partial charge is 0.306 e. The van der Waals surface area contributed by atoms with E-state index in [1.165, 1.54) is 0 Å². The third-order valence-electron chi connectivity index (χ3n) is 3.72. The van der Waals surface area contributed by atoms with Crippen LogP contribution in [-0.4, -0.2) is 75.3 Å². The van der Waals surface area contributed by atoms with E-state index < -0.39 is 30.1 Å². The molecule has 21 heavy (non-hydrogen) atoms. The first-order valence-electron chi connectivity index (χ1n) is 7.12. The molecule has 1 aliphatic heterocycles. The summed E-state index contributed by atoms with van der Waals surface area (Å²) in [6.07, 6.45) is -2.26. The number of aliphatic carboxylic acids is 1. The predicted molar refractivity (Wildman–Crippen MR) is 72.4 cm³/mol. The number of carboxylic acid groups (broad SMARTS) is 1. The lowest BCUT2D eigenvalue weighted by molar-refractivity contribution is -0.317. The minimum absolute atomic E-state index is 0.0908. The molecule has 0 aromatic heterocycles. The Bertz CT molecular complexity index is 340. The van der Waals surface area contributed by atoms with Crippen LogP contribution in [0.2, 0.25) is 0 Å². The van der Waals surface area contributed by atoms with Gasteiger partial charge < -0.3 is 35.6 Å². The van der Waals surface area contributed by atoms with Crippen molar-refractivity contribution in [2.75, 3.05) is 19.7 Å². The SMILES string of the molecule is C[C@@H](CCCCNCC1(O)OCC(O)C(O)C1O)C(=O)O. The zero-order chi connectivity index (χ0) is 16.0. The molecule has 1 rings (SSSR count). The minimum Gasteiger partial charge on any atom is -0.481 e. The van der Waals surface area contributed by atoms with Gasteiger partial charge in [0.2, 0.25) is 5.79 Å². The number of aliphatic hydroxyl groups excluding tert-OH is 3. The molecule has 1 heterocycles. The Hall–Kier alpha value is -0.770. The normalized spacial score (nSPS) is 34.6. The average Bonchev–Trinajstić information content (AvgIpc) is 2.44. The predicted octanol–water partition coefficient (Wildman–Crippen LogP) is -1.73. The molecule has 5 atom stereocenters. The van der Waals surface area contributed by atoms with E-state index in [-0.39, 0.29) is 19.1 Å². The zero-order valence-corrected chi connectivity index (χ0v) is 12.1. The summed E-state index contributed by atoms with van der Waals surface area (Å²) in [5.74, 6) is -3.13. The highest BCUT2D eigenvalue weighted by Gasteiger charge is 2.47. The van der Waals surface area contributed by atoms with Crippen LogP contribution in [0.15, 0.2) is 0 Å². The van der Waals surface area contributed by atoms with Crippen LogP contribution in [0.5, 0.6) is 0 Å². The van der Waals surface area contributed by atoms with Crippen molar-refractivity contribution in [3.05, 3.63) is 0 Å². The third-order valence-corrected chi connectivity index (χ3v) is 3.72. The molecule has 0 amide bonds. The van der Waals surface area contributed by atoms with E-state index >= 15 is 0 Å².